The van der Waals surface area contributed by atoms with Crippen LogP contribution >= 0.6 is 11.6 Å². The molecule has 0 spiro atoms. The van der Waals surface area contributed by atoms with Crippen LogP contribution in [0.2, 0.25) is 5.02 Å². The Balaban J connectivity index is 1.26. The lowest BCUT2D eigenvalue weighted by atomic mass is 10.0. The summed E-state index contributed by atoms with van der Waals surface area (Å²) in [4.78, 5) is 18.6. The van der Waals surface area contributed by atoms with E-state index in [1.54, 1.807) is 6.07 Å². The van der Waals surface area contributed by atoms with Crippen molar-refractivity contribution in [2.75, 3.05) is 33.2 Å². The molecule has 8 heteroatoms. The number of nitrogens with zero attached hydrogens (tertiary/aromatic N) is 3. The molecule has 0 saturated carbocycles. The molecule has 0 bridgehead atoms. The third-order valence-electron chi connectivity index (χ3n) is 8.95. The molecule has 4 aromatic rings. The number of hydrogen-bond donors (Lipinski definition) is 2. The fourth-order valence-electron chi connectivity index (χ4n) is 6.03. The first-order valence-corrected chi connectivity index (χ1v) is 16.5. The van der Waals surface area contributed by atoms with Gasteiger partial charge >= 0.3 is 0 Å². The molecule has 0 radical (unpaired) electrons. The molecule has 2 N–H and O–H groups in total. The van der Waals surface area contributed by atoms with Gasteiger partial charge in [-0.3, -0.25) is 9.69 Å². The molecule has 2 heterocycles. The molecule has 1 amide bonds. The van der Waals surface area contributed by atoms with Gasteiger partial charge in [-0.05, 0) is 94.3 Å². The van der Waals surface area contributed by atoms with Crippen molar-refractivity contribution in [2.45, 2.75) is 58.3 Å². The Hall–Kier alpha value is -3.93. The maximum Gasteiger partial charge on any atom is 0.253 e. The van der Waals surface area contributed by atoms with Gasteiger partial charge in [-0.1, -0.05) is 53.6 Å². The van der Waals surface area contributed by atoms with Crippen LogP contribution in [0.3, 0.4) is 0 Å². The van der Waals surface area contributed by atoms with Crippen molar-refractivity contribution >= 4 is 17.5 Å². The van der Waals surface area contributed by atoms with Crippen LogP contribution in [0.1, 0.15) is 64.7 Å². The Morgan fingerprint density at radius 1 is 1.07 bits per heavy atom. The molecular weight excluding hydrogens is 594 g/mol. The normalized spacial score (nSPS) is 16.9. The Labute approximate surface area is 278 Å². The van der Waals surface area contributed by atoms with Crippen molar-refractivity contribution in [3.63, 3.8) is 0 Å². The number of halogens is 1. The van der Waals surface area contributed by atoms with Crippen molar-refractivity contribution in [3.8, 4) is 17.4 Å². The van der Waals surface area contributed by atoms with Gasteiger partial charge in [0, 0.05) is 49.9 Å². The minimum absolute atomic E-state index is 0.108. The highest BCUT2D eigenvalue weighted by molar-refractivity contribution is 6.34. The highest BCUT2D eigenvalue weighted by Gasteiger charge is 2.24. The zero-order valence-corrected chi connectivity index (χ0v) is 28.0. The number of amides is 1. The first kappa shape index (κ1) is 33.4. The van der Waals surface area contributed by atoms with E-state index in [-0.39, 0.29) is 18.0 Å². The molecule has 0 unspecified atom stereocenters. The van der Waals surface area contributed by atoms with Crippen molar-refractivity contribution in [1.82, 2.24) is 20.4 Å². The zero-order valence-electron chi connectivity index (χ0n) is 27.2. The Kier molecular flexibility index (Phi) is 11.3. The Morgan fingerprint density at radius 3 is 2.54 bits per heavy atom. The van der Waals surface area contributed by atoms with Crippen molar-refractivity contribution in [2.24, 2.45) is 0 Å². The molecule has 1 aliphatic heterocycles. The van der Waals surface area contributed by atoms with Crippen LogP contribution in [-0.2, 0) is 13.0 Å². The maximum absolute atomic E-state index is 13.7. The summed E-state index contributed by atoms with van der Waals surface area (Å²) in [5.74, 6) is 1.29. The summed E-state index contributed by atoms with van der Waals surface area (Å²) in [7, 11) is 2.16. The lowest BCUT2D eigenvalue weighted by molar-refractivity contribution is 0.0882. The average Bonchev–Trinajstić information content (AvgIpc) is 3.53. The molecule has 3 aromatic carbocycles. The summed E-state index contributed by atoms with van der Waals surface area (Å²) in [5.41, 5.74) is 5.37. The van der Waals surface area contributed by atoms with Crippen LogP contribution in [0.4, 0.5) is 0 Å². The van der Waals surface area contributed by atoms with Gasteiger partial charge in [0.2, 0.25) is 0 Å². The van der Waals surface area contributed by atoms with Gasteiger partial charge in [-0.15, -0.1) is 0 Å². The highest BCUT2D eigenvalue weighted by atomic mass is 35.5. The van der Waals surface area contributed by atoms with Crippen LogP contribution in [-0.4, -0.2) is 61.0 Å². The van der Waals surface area contributed by atoms with Crippen LogP contribution in [0, 0.1) is 18.3 Å². The second-order valence-electron chi connectivity index (χ2n) is 12.6. The van der Waals surface area contributed by atoms with Crippen LogP contribution in [0.5, 0.6) is 0 Å². The molecule has 1 aliphatic rings. The number of nitriles is 1. The largest absolute Gasteiger partial charge is 0.460 e. The number of hydrogen-bond acceptors (Lipinski definition) is 6. The zero-order chi connectivity index (χ0) is 32.6. The lowest BCUT2D eigenvalue weighted by Gasteiger charge is -2.38. The molecule has 1 fully saturated rings. The summed E-state index contributed by atoms with van der Waals surface area (Å²) < 4.78 is 6.18. The number of furan rings is 1. The molecule has 7 nitrogen and oxygen atoms in total. The van der Waals surface area contributed by atoms with E-state index in [1.165, 1.54) is 11.1 Å². The second-order valence-corrected chi connectivity index (χ2v) is 13.0. The standard InChI is InChI=1S/C38H44ClN5O2/c1-26-5-11-31(12-6-26)28(3)41-24-34-14-16-37(46-34)32-13-15-36(39)35(22-32)38(45)42-33(21-29-7-9-30(23-40)10-8-29)17-18-44-20-19-43(4)25-27(44)2/h5-16,22,27-28,33,41H,17-21,24-25H2,1-4H3,(H,42,45)/t27-,28-,33+/m1/s1. The maximum atomic E-state index is 13.7. The number of aryl methyl sites for hydroxylation is 1. The molecular formula is C38H44ClN5O2. The quantitative estimate of drug-likeness (QED) is 0.174. The van der Waals surface area contributed by atoms with Crippen molar-refractivity contribution in [1.29, 1.82) is 5.26 Å². The van der Waals surface area contributed by atoms with Crippen LogP contribution in [0.15, 0.2) is 83.3 Å². The number of piperazine rings is 1. The summed E-state index contributed by atoms with van der Waals surface area (Å²) in [5, 5.41) is 16.4. The number of carbonyl (C=O) groups excluding carboxylic acids is 1. The fraction of sp³-hybridized carbons (Fsp3) is 0.368. The van der Waals surface area contributed by atoms with Gasteiger partial charge in [-0.2, -0.15) is 5.26 Å². The minimum Gasteiger partial charge on any atom is -0.460 e. The topological polar surface area (TPSA) is 84.5 Å². The van der Waals surface area contributed by atoms with E-state index >= 15 is 0 Å². The molecule has 1 aromatic heterocycles. The SMILES string of the molecule is Cc1ccc([C@@H](C)NCc2ccc(-c3ccc(Cl)c(C(=O)N[C@@H](CCN4CCN(C)C[C@H]4C)Cc4ccc(C#N)cc4)c3)o2)cc1. The monoisotopic (exact) mass is 637 g/mol. The van der Waals surface area contributed by atoms with E-state index in [9.17, 15) is 10.1 Å². The Morgan fingerprint density at radius 2 is 1.83 bits per heavy atom. The van der Waals surface area contributed by atoms with E-state index in [4.69, 9.17) is 16.0 Å². The van der Waals surface area contributed by atoms with Crippen LogP contribution in [0.25, 0.3) is 11.3 Å². The summed E-state index contributed by atoms with van der Waals surface area (Å²) in [6, 6.07) is 28.2. The molecule has 240 valence electrons. The van der Waals surface area contributed by atoms with E-state index < -0.39 is 0 Å². The van der Waals surface area contributed by atoms with Gasteiger partial charge in [0.25, 0.3) is 5.91 Å². The number of benzene rings is 3. The number of likely N-dealkylation sites (N-methyl/N-ethyl adjacent to an activating group) is 1. The summed E-state index contributed by atoms with van der Waals surface area (Å²) in [6.07, 6.45) is 1.46. The number of rotatable bonds is 12. The lowest BCUT2D eigenvalue weighted by Crippen LogP contribution is -2.51. The van der Waals surface area contributed by atoms with E-state index in [1.807, 2.05) is 48.5 Å². The van der Waals surface area contributed by atoms with Gasteiger partial charge in [0.05, 0.1) is 28.8 Å². The predicted octanol–water partition coefficient (Wildman–Crippen LogP) is 7.00. The third kappa shape index (κ3) is 8.86. The van der Waals surface area contributed by atoms with Gasteiger partial charge in [0.1, 0.15) is 11.5 Å². The minimum atomic E-state index is -0.211. The number of carbonyl (C=O) groups is 1. The fourth-order valence-corrected chi connectivity index (χ4v) is 6.23. The average molecular weight is 638 g/mol. The Bertz CT molecular complexity index is 1640. The molecule has 0 aliphatic carbocycles. The first-order valence-electron chi connectivity index (χ1n) is 16.1. The third-order valence-corrected chi connectivity index (χ3v) is 9.28. The summed E-state index contributed by atoms with van der Waals surface area (Å²) >= 11 is 6.60. The second kappa shape index (κ2) is 15.6. The molecule has 1 saturated heterocycles. The van der Waals surface area contributed by atoms with E-state index in [0.29, 0.717) is 40.9 Å². The van der Waals surface area contributed by atoms with E-state index in [2.05, 4.69) is 78.6 Å². The first-order chi connectivity index (χ1) is 22.2. The highest BCUT2D eigenvalue weighted by Crippen LogP contribution is 2.28. The number of nitrogens with one attached hydrogen (secondary N) is 2. The molecule has 46 heavy (non-hydrogen) atoms. The van der Waals surface area contributed by atoms with Crippen molar-refractivity contribution < 1.29 is 9.21 Å². The predicted molar refractivity (Wildman–Crippen MR) is 185 cm³/mol. The van der Waals surface area contributed by atoms with Crippen LogP contribution < -0.4 is 10.6 Å². The molecule has 5 rings (SSSR count). The van der Waals surface area contributed by atoms with Crippen molar-refractivity contribution in [3.05, 3.63) is 117 Å². The van der Waals surface area contributed by atoms with E-state index in [0.717, 1.165) is 49.5 Å². The van der Waals surface area contributed by atoms with Gasteiger partial charge in [-0.25, -0.2) is 0 Å². The van der Waals surface area contributed by atoms with Gasteiger partial charge in [0.15, 0.2) is 0 Å². The molecule has 3 atom stereocenters. The smallest absolute Gasteiger partial charge is 0.253 e. The van der Waals surface area contributed by atoms with Gasteiger partial charge < -0.3 is 20.0 Å². The summed E-state index contributed by atoms with van der Waals surface area (Å²) in [6.45, 7) is 11.0.